The summed E-state index contributed by atoms with van der Waals surface area (Å²) in [5.41, 5.74) is 0.367. The molecular weight excluding hydrogens is 224 g/mol. The predicted molar refractivity (Wildman–Crippen MR) is 47.7 cm³/mol. The van der Waals surface area contributed by atoms with Gasteiger partial charge in [-0.25, -0.2) is 0 Å². The number of hydrogen-bond donors (Lipinski definition) is 1. The molecule has 0 amide bonds. The molecule has 0 saturated carbocycles. The lowest BCUT2D eigenvalue weighted by Gasteiger charge is -2.05. The van der Waals surface area contributed by atoms with Crippen molar-refractivity contribution in [3.63, 3.8) is 0 Å². The average molecular weight is 231 g/mol. The summed E-state index contributed by atoms with van der Waals surface area (Å²) in [4.78, 5) is 10.5. The van der Waals surface area contributed by atoms with Gasteiger partial charge < -0.3 is 9.84 Å². The van der Waals surface area contributed by atoms with E-state index >= 15 is 0 Å². The van der Waals surface area contributed by atoms with Gasteiger partial charge in [-0.1, -0.05) is 0 Å². The molecule has 0 aliphatic heterocycles. The normalized spacial score (nSPS) is 9.50. The van der Waals surface area contributed by atoms with Crippen LogP contribution in [0.5, 0.6) is 11.5 Å². The number of aldehydes is 1. The fourth-order valence-corrected chi connectivity index (χ4v) is 1.32. The first-order valence-electron chi connectivity index (χ1n) is 3.20. The number of aromatic hydroxyl groups is 1. The Morgan fingerprint density at radius 2 is 2.25 bits per heavy atom. The standard InChI is InChI=1S/C8H7BrO3/c1-12-7-3-6(11)2-5(4-10)8(7)9/h2-4,11H,1H3. The summed E-state index contributed by atoms with van der Waals surface area (Å²) in [6, 6.07) is 2.79. The van der Waals surface area contributed by atoms with Crippen molar-refractivity contribution in [3.05, 3.63) is 22.2 Å². The SMILES string of the molecule is COc1cc(O)cc(C=O)c1Br. The van der Waals surface area contributed by atoms with E-state index in [0.29, 0.717) is 22.1 Å². The summed E-state index contributed by atoms with van der Waals surface area (Å²) in [6.07, 6.45) is 0.645. The molecule has 3 nitrogen and oxygen atoms in total. The Hall–Kier alpha value is -1.03. The van der Waals surface area contributed by atoms with E-state index in [1.54, 1.807) is 0 Å². The minimum atomic E-state index is 0.0113. The number of phenols is 1. The average Bonchev–Trinajstić information content (AvgIpc) is 2.08. The second-order valence-electron chi connectivity index (χ2n) is 2.17. The molecule has 1 aromatic carbocycles. The molecular formula is C8H7BrO3. The van der Waals surface area contributed by atoms with Gasteiger partial charge in [-0.2, -0.15) is 0 Å². The number of ether oxygens (including phenoxy) is 1. The van der Waals surface area contributed by atoms with Crippen molar-refractivity contribution >= 4 is 22.2 Å². The summed E-state index contributed by atoms with van der Waals surface area (Å²) in [6.45, 7) is 0. The van der Waals surface area contributed by atoms with E-state index in [2.05, 4.69) is 15.9 Å². The zero-order valence-corrected chi connectivity index (χ0v) is 7.96. The Kier molecular flexibility index (Phi) is 2.70. The van der Waals surface area contributed by atoms with Crippen LogP contribution in [-0.2, 0) is 0 Å². The van der Waals surface area contributed by atoms with Crippen LogP contribution in [0.4, 0.5) is 0 Å². The van der Waals surface area contributed by atoms with Crippen LogP contribution in [0.2, 0.25) is 0 Å². The van der Waals surface area contributed by atoms with Crippen molar-refractivity contribution in [1.29, 1.82) is 0 Å². The highest BCUT2D eigenvalue weighted by Gasteiger charge is 2.07. The second-order valence-corrected chi connectivity index (χ2v) is 2.96. The first-order chi connectivity index (χ1) is 5.69. The maximum absolute atomic E-state index is 10.5. The third kappa shape index (κ3) is 1.58. The smallest absolute Gasteiger partial charge is 0.151 e. The summed E-state index contributed by atoms with van der Waals surface area (Å²) in [5, 5.41) is 9.12. The molecule has 4 heteroatoms. The Balaban J connectivity index is 3.31. The number of rotatable bonds is 2. The van der Waals surface area contributed by atoms with Gasteiger partial charge in [-0.05, 0) is 22.0 Å². The fraction of sp³-hybridized carbons (Fsp3) is 0.125. The van der Waals surface area contributed by atoms with Crippen LogP contribution < -0.4 is 4.74 Å². The maximum atomic E-state index is 10.5. The van der Waals surface area contributed by atoms with Crippen LogP contribution in [0.3, 0.4) is 0 Å². The number of benzene rings is 1. The fourth-order valence-electron chi connectivity index (χ4n) is 0.839. The van der Waals surface area contributed by atoms with E-state index in [0.717, 1.165) is 0 Å². The van der Waals surface area contributed by atoms with Crippen molar-refractivity contribution < 1.29 is 14.6 Å². The van der Waals surface area contributed by atoms with E-state index in [4.69, 9.17) is 9.84 Å². The van der Waals surface area contributed by atoms with Crippen molar-refractivity contribution in [1.82, 2.24) is 0 Å². The van der Waals surface area contributed by atoms with Crippen LogP contribution in [-0.4, -0.2) is 18.5 Å². The molecule has 0 atom stereocenters. The van der Waals surface area contributed by atoms with E-state index in [1.807, 2.05) is 0 Å². The van der Waals surface area contributed by atoms with Gasteiger partial charge in [0.2, 0.25) is 0 Å². The first kappa shape index (κ1) is 9.06. The minimum absolute atomic E-state index is 0.0113. The van der Waals surface area contributed by atoms with Gasteiger partial charge in [0.05, 0.1) is 11.6 Å². The van der Waals surface area contributed by atoms with Crippen LogP contribution in [0, 0.1) is 0 Å². The molecule has 0 aliphatic carbocycles. The molecule has 0 radical (unpaired) electrons. The van der Waals surface area contributed by atoms with Gasteiger partial charge in [0, 0.05) is 11.6 Å². The van der Waals surface area contributed by atoms with Crippen LogP contribution in [0.15, 0.2) is 16.6 Å². The molecule has 12 heavy (non-hydrogen) atoms. The molecule has 0 heterocycles. The molecule has 0 aromatic heterocycles. The van der Waals surface area contributed by atoms with Crippen molar-refractivity contribution in [3.8, 4) is 11.5 Å². The molecule has 0 fully saturated rings. The molecule has 0 unspecified atom stereocenters. The Bertz CT molecular complexity index is 309. The highest BCUT2D eigenvalue weighted by atomic mass is 79.9. The number of phenolic OH excluding ortho intramolecular Hbond substituents is 1. The second kappa shape index (κ2) is 3.58. The Morgan fingerprint density at radius 1 is 1.58 bits per heavy atom. The minimum Gasteiger partial charge on any atom is -0.508 e. The third-order valence-corrected chi connectivity index (χ3v) is 2.25. The van der Waals surface area contributed by atoms with Crippen molar-refractivity contribution in [2.24, 2.45) is 0 Å². The lowest BCUT2D eigenvalue weighted by Crippen LogP contribution is -1.89. The number of carbonyl (C=O) groups is 1. The van der Waals surface area contributed by atoms with E-state index in [1.165, 1.54) is 19.2 Å². The number of methoxy groups -OCH3 is 1. The quantitative estimate of drug-likeness (QED) is 0.791. The largest absolute Gasteiger partial charge is 0.508 e. The lowest BCUT2D eigenvalue weighted by atomic mass is 10.2. The zero-order valence-electron chi connectivity index (χ0n) is 6.37. The van der Waals surface area contributed by atoms with E-state index in [-0.39, 0.29) is 5.75 Å². The maximum Gasteiger partial charge on any atom is 0.151 e. The van der Waals surface area contributed by atoms with E-state index in [9.17, 15) is 4.79 Å². The number of hydrogen-bond acceptors (Lipinski definition) is 3. The van der Waals surface area contributed by atoms with Gasteiger partial charge in [-0.3, -0.25) is 4.79 Å². The molecule has 0 aliphatic rings. The molecule has 1 rings (SSSR count). The summed E-state index contributed by atoms with van der Waals surface area (Å²) in [5.74, 6) is 0.453. The molecule has 0 saturated heterocycles. The number of halogens is 1. The van der Waals surface area contributed by atoms with E-state index < -0.39 is 0 Å². The molecule has 64 valence electrons. The van der Waals surface area contributed by atoms with Gasteiger partial charge in [0.25, 0.3) is 0 Å². The first-order valence-corrected chi connectivity index (χ1v) is 4.00. The van der Waals surface area contributed by atoms with Crippen LogP contribution >= 0.6 is 15.9 Å². The third-order valence-electron chi connectivity index (χ3n) is 1.40. The Morgan fingerprint density at radius 3 is 2.75 bits per heavy atom. The highest BCUT2D eigenvalue weighted by molar-refractivity contribution is 9.10. The lowest BCUT2D eigenvalue weighted by molar-refractivity contribution is 0.112. The summed E-state index contributed by atoms with van der Waals surface area (Å²) < 4.78 is 5.46. The highest BCUT2D eigenvalue weighted by Crippen LogP contribution is 2.31. The predicted octanol–water partition coefficient (Wildman–Crippen LogP) is 1.98. The summed E-state index contributed by atoms with van der Waals surface area (Å²) in [7, 11) is 1.47. The topological polar surface area (TPSA) is 46.5 Å². The van der Waals surface area contributed by atoms with Gasteiger partial charge in [0.15, 0.2) is 6.29 Å². The zero-order chi connectivity index (χ0) is 9.14. The molecule has 1 aromatic rings. The molecule has 1 N–H and O–H groups in total. The van der Waals surface area contributed by atoms with Crippen molar-refractivity contribution in [2.75, 3.05) is 7.11 Å². The summed E-state index contributed by atoms with van der Waals surface area (Å²) >= 11 is 3.17. The number of carbonyl (C=O) groups excluding carboxylic acids is 1. The van der Waals surface area contributed by atoms with Crippen LogP contribution in [0.25, 0.3) is 0 Å². The van der Waals surface area contributed by atoms with Gasteiger partial charge in [-0.15, -0.1) is 0 Å². The monoisotopic (exact) mass is 230 g/mol. The Labute approximate surface area is 78.1 Å². The molecule has 0 bridgehead atoms. The van der Waals surface area contributed by atoms with Gasteiger partial charge >= 0.3 is 0 Å². The molecule has 0 spiro atoms. The van der Waals surface area contributed by atoms with Gasteiger partial charge in [0.1, 0.15) is 11.5 Å². The van der Waals surface area contributed by atoms with Crippen LogP contribution in [0.1, 0.15) is 10.4 Å². The van der Waals surface area contributed by atoms with Crippen molar-refractivity contribution in [2.45, 2.75) is 0 Å².